The summed E-state index contributed by atoms with van der Waals surface area (Å²) in [6.45, 7) is 6.81. The first kappa shape index (κ1) is 15.6. The molecule has 3 rings (SSSR count). The van der Waals surface area contributed by atoms with Crippen LogP contribution in [0.3, 0.4) is 0 Å². The molecule has 0 aliphatic carbocycles. The Labute approximate surface area is 136 Å². The lowest BCUT2D eigenvalue weighted by Gasteiger charge is -2.29. The third kappa shape index (κ3) is 3.09. The molecule has 23 heavy (non-hydrogen) atoms. The lowest BCUT2D eigenvalue weighted by Crippen LogP contribution is -2.26. The van der Waals surface area contributed by atoms with Gasteiger partial charge in [-0.3, -0.25) is 5.10 Å². The van der Waals surface area contributed by atoms with Crippen molar-refractivity contribution in [3.8, 4) is 17.0 Å². The minimum Gasteiger partial charge on any atom is -0.485 e. The number of hydrogen-bond donors (Lipinski definition) is 2. The second kappa shape index (κ2) is 6.44. The number of aromatic nitrogens is 2. The quantitative estimate of drug-likeness (QED) is 0.881. The largest absolute Gasteiger partial charge is 0.485 e. The molecule has 6 nitrogen and oxygen atoms in total. The van der Waals surface area contributed by atoms with Gasteiger partial charge in [0.2, 0.25) is 0 Å². The number of benzene rings is 1. The van der Waals surface area contributed by atoms with Gasteiger partial charge in [0.1, 0.15) is 12.4 Å². The minimum atomic E-state index is 0.514. The molecule has 0 amide bonds. The summed E-state index contributed by atoms with van der Waals surface area (Å²) in [6.07, 6.45) is 1.94. The number of ether oxygens (including phenoxy) is 1. The summed E-state index contributed by atoms with van der Waals surface area (Å²) in [5.41, 5.74) is 10.7. The van der Waals surface area contributed by atoms with Gasteiger partial charge in [-0.2, -0.15) is 5.10 Å². The molecule has 2 heterocycles. The van der Waals surface area contributed by atoms with Crippen LogP contribution in [0.25, 0.3) is 11.3 Å². The van der Waals surface area contributed by atoms with Crippen molar-refractivity contribution in [2.45, 2.75) is 6.54 Å². The van der Waals surface area contributed by atoms with Crippen molar-refractivity contribution in [2.75, 3.05) is 38.7 Å². The molecular weight excluding hydrogens is 290 g/mol. The molecule has 1 aliphatic rings. The second-order valence-electron chi connectivity index (χ2n) is 5.88. The van der Waals surface area contributed by atoms with Crippen LogP contribution in [0.15, 0.2) is 36.7 Å². The van der Waals surface area contributed by atoms with Crippen molar-refractivity contribution in [1.82, 2.24) is 15.1 Å². The Hall–Kier alpha value is -2.31. The fraction of sp³-hybridized carbons (Fsp3) is 0.353. The lowest BCUT2D eigenvalue weighted by molar-refractivity contribution is 0.336. The first-order chi connectivity index (χ1) is 11.1. The molecule has 6 heteroatoms. The predicted molar refractivity (Wildman–Crippen MR) is 92.5 cm³/mol. The third-order valence-corrected chi connectivity index (χ3v) is 4.13. The van der Waals surface area contributed by atoms with Gasteiger partial charge >= 0.3 is 0 Å². The van der Waals surface area contributed by atoms with Crippen molar-refractivity contribution in [3.63, 3.8) is 0 Å². The Morgan fingerprint density at radius 2 is 2.30 bits per heavy atom. The number of rotatable bonds is 5. The monoisotopic (exact) mass is 313 g/mol. The van der Waals surface area contributed by atoms with Gasteiger partial charge in [-0.15, -0.1) is 0 Å². The van der Waals surface area contributed by atoms with Gasteiger partial charge in [-0.1, -0.05) is 12.6 Å². The minimum absolute atomic E-state index is 0.514. The fourth-order valence-corrected chi connectivity index (χ4v) is 2.76. The highest BCUT2D eigenvalue weighted by Gasteiger charge is 2.20. The first-order valence-corrected chi connectivity index (χ1v) is 7.70. The van der Waals surface area contributed by atoms with E-state index in [2.05, 4.69) is 45.8 Å². The molecule has 1 aromatic carbocycles. The normalized spacial score (nSPS) is 14.1. The molecule has 1 aromatic heterocycles. The van der Waals surface area contributed by atoms with Crippen LogP contribution in [-0.4, -0.2) is 48.9 Å². The van der Waals surface area contributed by atoms with Crippen LogP contribution in [0.2, 0.25) is 0 Å². The van der Waals surface area contributed by atoms with E-state index in [-0.39, 0.29) is 0 Å². The van der Waals surface area contributed by atoms with Gasteiger partial charge in [-0.25, -0.2) is 0 Å². The van der Waals surface area contributed by atoms with Gasteiger partial charge in [0.25, 0.3) is 0 Å². The Morgan fingerprint density at radius 3 is 3.09 bits per heavy atom. The molecule has 1 aliphatic heterocycles. The number of aromatic amines is 1. The van der Waals surface area contributed by atoms with Gasteiger partial charge in [0, 0.05) is 49.7 Å². The van der Waals surface area contributed by atoms with E-state index in [1.165, 1.54) is 0 Å². The number of anilines is 1. The highest BCUT2D eigenvalue weighted by atomic mass is 16.5. The first-order valence-electron chi connectivity index (χ1n) is 7.70. The van der Waals surface area contributed by atoms with E-state index in [1.807, 2.05) is 19.3 Å². The van der Waals surface area contributed by atoms with Crippen molar-refractivity contribution >= 4 is 5.69 Å². The average Bonchev–Trinajstić information content (AvgIpc) is 2.99. The van der Waals surface area contributed by atoms with Crippen LogP contribution in [0.4, 0.5) is 5.69 Å². The number of nitrogens with one attached hydrogen (secondary N) is 1. The van der Waals surface area contributed by atoms with E-state index in [0.29, 0.717) is 13.2 Å². The summed E-state index contributed by atoms with van der Waals surface area (Å²) in [5, 5.41) is 7.38. The summed E-state index contributed by atoms with van der Waals surface area (Å²) in [6, 6.07) is 6.16. The summed E-state index contributed by atoms with van der Waals surface area (Å²) >= 11 is 0. The highest BCUT2D eigenvalue weighted by molar-refractivity contribution is 5.73. The summed E-state index contributed by atoms with van der Waals surface area (Å²) in [4.78, 5) is 4.24. The molecule has 0 fully saturated rings. The van der Waals surface area contributed by atoms with Gasteiger partial charge in [0.05, 0.1) is 11.4 Å². The van der Waals surface area contributed by atoms with E-state index in [9.17, 15) is 0 Å². The lowest BCUT2D eigenvalue weighted by atomic mass is 10.1. The molecule has 0 atom stereocenters. The number of hydrogen-bond acceptors (Lipinski definition) is 5. The number of H-pyrrole nitrogens is 1. The zero-order valence-electron chi connectivity index (χ0n) is 13.7. The molecule has 0 bridgehead atoms. The fourth-order valence-electron chi connectivity index (χ4n) is 2.76. The van der Waals surface area contributed by atoms with Gasteiger partial charge in [0.15, 0.2) is 0 Å². The molecule has 0 saturated heterocycles. The van der Waals surface area contributed by atoms with Gasteiger partial charge in [-0.05, 0) is 19.2 Å². The van der Waals surface area contributed by atoms with Crippen LogP contribution in [0.1, 0.15) is 5.56 Å². The Morgan fingerprint density at radius 1 is 1.48 bits per heavy atom. The molecular formula is C17H23N5O. The standard InChI is InChI=1S/C17H23N5O/c1-12-11-23-16-8-13(4-5-15(16)22(12)3)17-14(9-19-20-17)10-21(2)7-6-18/h4-5,8-9H,1,6-7,10-11,18H2,2-3H3,(H,19,20). The van der Waals surface area contributed by atoms with Gasteiger partial charge < -0.3 is 20.3 Å². The molecule has 3 N–H and O–H groups in total. The Balaban J connectivity index is 1.89. The van der Waals surface area contributed by atoms with E-state index in [4.69, 9.17) is 10.5 Å². The van der Waals surface area contributed by atoms with Crippen LogP contribution in [0, 0.1) is 0 Å². The second-order valence-corrected chi connectivity index (χ2v) is 5.88. The number of nitrogens with zero attached hydrogens (tertiary/aromatic N) is 3. The number of nitrogens with two attached hydrogens (primary N) is 1. The van der Waals surface area contributed by atoms with E-state index >= 15 is 0 Å². The Bertz CT molecular complexity index is 709. The van der Waals surface area contributed by atoms with Crippen LogP contribution < -0.4 is 15.4 Å². The predicted octanol–water partition coefficient (Wildman–Crippen LogP) is 1.81. The van der Waals surface area contributed by atoms with E-state index < -0.39 is 0 Å². The van der Waals surface area contributed by atoms with Crippen LogP contribution in [-0.2, 0) is 6.54 Å². The molecule has 122 valence electrons. The smallest absolute Gasteiger partial charge is 0.144 e. The van der Waals surface area contributed by atoms with E-state index in [0.717, 1.165) is 47.0 Å². The maximum atomic E-state index is 5.80. The maximum absolute atomic E-state index is 5.80. The molecule has 0 spiro atoms. The summed E-state index contributed by atoms with van der Waals surface area (Å²) in [5.74, 6) is 0.863. The number of fused-ring (bicyclic) bond motifs is 1. The van der Waals surface area contributed by atoms with Crippen molar-refractivity contribution in [3.05, 3.63) is 42.2 Å². The molecule has 0 unspecified atom stereocenters. The zero-order chi connectivity index (χ0) is 16.4. The van der Waals surface area contributed by atoms with Crippen molar-refractivity contribution in [1.29, 1.82) is 0 Å². The van der Waals surface area contributed by atoms with Crippen molar-refractivity contribution < 1.29 is 4.74 Å². The topological polar surface area (TPSA) is 70.4 Å². The summed E-state index contributed by atoms with van der Waals surface area (Å²) < 4.78 is 5.80. The SMILES string of the molecule is C=C1COc2cc(-c3n[nH]cc3CN(C)CCN)ccc2N1C. The molecule has 2 aromatic rings. The summed E-state index contributed by atoms with van der Waals surface area (Å²) in [7, 11) is 4.06. The molecule has 0 radical (unpaired) electrons. The number of likely N-dealkylation sites (N-methyl/N-ethyl adjacent to an activating group) is 2. The zero-order valence-corrected chi connectivity index (χ0v) is 13.7. The van der Waals surface area contributed by atoms with Crippen LogP contribution in [0.5, 0.6) is 5.75 Å². The van der Waals surface area contributed by atoms with Crippen LogP contribution >= 0.6 is 0 Å². The highest BCUT2D eigenvalue weighted by Crippen LogP contribution is 2.37. The molecule has 0 saturated carbocycles. The maximum Gasteiger partial charge on any atom is 0.144 e. The van der Waals surface area contributed by atoms with Crippen molar-refractivity contribution in [2.24, 2.45) is 5.73 Å². The third-order valence-electron chi connectivity index (χ3n) is 4.13. The average molecular weight is 313 g/mol. The Kier molecular flexibility index (Phi) is 4.36. The van der Waals surface area contributed by atoms with E-state index in [1.54, 1.807) is 0 Å².